The molecule has 0 unspecified atom stereocenters. The Kier molecular flexibility index (Phi) is 5.28. The number of thioether (sulfide) groups is 1. The number of amides is 1. The van der Waals surface area contributed by atoms with Crippen LogP contribution in [0.4, 0.5) is 0 Å². The van der Waals surface area contributed by atoms with Crippen LogP contribution in [-0.4, -0.2) is 31.2 Å². The molecule has 0 aromatic heterocycles. The average Bonchev–Trinajstić information content (AvgIpc) is 2.55. The highest BCUT2D eigenvalue weighted by Crippen LogP contribution is 2.17. The van der Waals surface area contributed by atoms with Crippen molar-refractivity contribution < 1.29 is 9.53 Å². The summed E-state index contributed by atoms with van der Waals surface area (Å²) in [6.07, 6.45) is 2.05. The average molecular weight is 301 g/mol. The molecule has 1 amide bonds. The summed E-state index contributed by atoms with van der Waals surface area (Å²) in [7, 11) is 3.43. The van der Waals surface area contributed by atoms with Crippen molar-refractivity contribution >= 4 is 17.7 Å². The molecule has 0 spiro atoms. The molecule has 0 saturated carbocycles. The van der Waals surface area contributed by atoms with Gasteiger partial charge in [-0.1, -0.05) is 12.1 Å². The maximum Gasteiger partial charge on any atom is 0.253 e. The molecule has 0 atom stereocenters. The summed E-state index contributed by atoms with van der Waals surface area (Å²) in [6.45, 7) is 0.597. The highest BCUT2D eigenvalue weighted by molar-refractivity contribution is 7.98. The summed E-state index contributed by atoms with van der Waals surface area (Å²) in [5.41, 5.74) is 1.79. The summed E-state index contributed by atoms with van der Waals surface area (Å²) in [4.78, 5) is 15.3. The van der Waals surface area contributed by atoms with E-state index in [2.05, 4.69) is 24.3 Å². The van der Waals surface area contributed by atoms with E-state index in [1.807, 2.05) is 13.3 Å². The summed E-state index contributed by atoms with van der Waals surface area (Å²) >= 11 is 1.71. The van der Waals surface area contributed by atoms with Crippen LogP contribution in [0.15, 0.2) is 53.4 Å². The molecule has 0 aliphatic carbocycles. The summed E-state index contributed by atoms with van der Waals surface area (Å²) in [6, 6.07) is 15.4. The minimum Gasteiger partial charge on any atom is -0.497 e. The Bertz CT molecular complexity index is 593. The Morgan fingerprint density at radius 1 is 1.10 bits per heavy atom. The Hall–Kier alpha value is -1.94. The van der Waals surface area contributed by atoms with Gasteiger partial charge in [-0.2, -0.15) is 0 Å². The first-order valence-electron chi connectivity index (χ1n) is 6.66. The van der Waals surface area contributed by atoms with Crippen molar-refractivity contribution in [3.8, 4) is 5.75 Å². The number of benzene rings is 2. The summed E-state index contributed by atoms with van der Waals surface area (Å²) in [5.74, 6) is 0.758. The normalized spacial score (nSPS) is 10.2. The van der Waals surface area contributed by atoms with Crippen molar-refractivity contribution in [2.75, 3.05) is 20.4 Å². The van der Waals surface area contributed by atoms with E-state index in [4.69, 9.17) is 4.74 Å². The molecule has 0 N–H and O–H groups in total. The zero-order valence-electron chi connectivity index (χ0n) is 12.5. The van der Waals surface area contributed by atoms with Crippen LogP contribution in [0.1, 0.15) is 15.9 Å². The smallest absolute Gasteiger partial charge is 0.253 e. The van der Waals surface area contributed by atoms with Crippen LogP contribution in [0.25, 0.3) is 0 Å². The Morgan fingerprint density at radius 3 is 2.24 bits per heavy atom. The fourth-order valence-electron chi connectivity index (χ4n) is 2.03. The van der Waals surface area contributed by atoms with Crippen molar-refractivity contribution in [1.82, 2.24) is 4.90 Å². The highest BCUT2D eigenvalue weighted by Gasteiger charge is 2.12. The van der Waals surface area contributed by atoms with E-state index in [0.717, 1.165) is 11.3 Å². The fourth-order valence-corrected chi connectivity index (χ4v) is 2.44. The van der Waals surface area contributed by atoms with E-state index in [1.165, 1.54) is 4.90 Å². The standard InChI is InChI=1S/C17H19NO2S/c1-18(12-13-4-10-16(21-3)11-5-13)17(19)14-6-8-15(20-2)9-7-14/h4-11H,12H2,1-3H3. The Labute approximate surface area is 129 Å². The molecule has 3 nitrogen and oxygen atoms in total. The number of carbonyl (C=O) groups is 1. The lowest BCUT2D eigenvalue weighted by molar-refractivity contribution is 0.0785. The van der Waals surface area contributed by atoms with E-state index < -0.39 is 0 Å². The van der Waals surface area contributed by atoms with E-state index in [0.29, 0.717) is 12.1 Å². The van der Waals surface area contributed by atoms with Gasteiger partial charge in [0.15, 0.2) is 0 Å². The molecule has 0 aliphatic rings. The fraction of sp³-hybridized carbons (Fsp3) is 0.235. The number of carbonyl (C=O) groups excluding carboxylic acids is 1. The molecule has 2 aromatic carbocycles. The number of rotatable bonds is 5. The highest BCUT2D eigenvalue weighted by atomic mass is 32.2. The number of hydrogen-bond acceptors (Lipinski definition) is 3. The van der Waals surface area contributed by atoms with Crippen LogP contribution < -0.4 is 4.74 Å². The summed E-state index contributed by atoms with van der Waals surface area (Å²) in [5, 5.41) is 0. The second-order valence-corrected chi connectivity index (χ2v) is 5.62. The molecular formula is C17H19NO2S. The van der Waals surface area contributed by atoms with Gasteiger partial charge in [-0.25, -0.2) is 0 Å². The lowest BCUT2D eigenvalue weighted by atomic mass is 10.1. The molecule has 4 heteroatoms. The topological polar surface area (TPSA) is 29.5 Å². The Morgan fingerprint density at radius 2 is 1.71 bits per heavy atom. The SMILES string of the molecule is COc1ccc(C(=O)N(C)Cc2ccc(SC)cc2)cc1. The minimum absolute atomic E-state index is 0.00611. The maximum atomic E-state index is 12.4. The van der Waals surface area contributed by atoms with Gasteiger partial charge in [-0.05, 0) is 48.2 Å². The third kappa shape index (κ3) is 4.02. The largest absolute Gasteiger partial charge is 0.497 e. The molecule has 110 valence electrons. The first-order chi connectivity index (χ1) is 10.1. The van der Waals surface area contributed by atoms with Crippen molar-refractivity contribution in [2.45, 2.75) is 11.4 Å². The predicted octanol–water partition coefficient (Wildman–Crippen LogP) is 3.69. The van der Waals surface area contributed by atoms with Gasteiger partial charge in [0.1, 0.15) is 5.75 Å². The van der Waals surface area contributed by atoms with Crippen LogP contribution in [-0.2, 0) is 6.54 Å². The second-order valence-electron chi connectivity index (χ2n) is 4.74. The number of ether oxygens (including phenoxy) is 1. The molecule has 0 saturated heterocycles. The Balaban J connectivity index is 2.03. The first kappa shape index (κ1) is 15.4. The van der Waals surface area contributed by atoms with Crippen molar-refractivity contribution in [2.24, 2.45) is 0 Å². The third-order valence-corrected chi connectivity index (χ3v) is 4.01. The predicted molar refractivity (Wildman–Crippen MR) is 87.0 cm³/mol. The molecule has 0 radical (unpaired) electrons. The van der Waals surface area contributed by atoms with Crippen LogP contribution in [0.2, 0.25) is 0 Å². The quantitative estimate of drug-likeness (QED) is 0.789. The van der Waals surface area contributed by atoms with Crippen LogP contribution in [0.5, 0.6) is 5.75 Å². The monoisotopic (exact) mass is 301 g/mol. The van der Waals surface area contributed by atoms with Gasteiger partial charge >= 0.3 is 0 Å². The number of methoxy groups -OCH3 is 1. The van der Waals surface area contributed by atoms with Gasteiger partial charge in [-0.3, -0.25) is 4.79 Å². The molecule has 0 fully saturated rings. The lowest BCUT2D eigenvalue weighted by Crippen LogP contribution is -2.26. The van der Waals surface area contributed by atoms with E-state index >= 15 is 0 Å². The molecule has 2 aromatic rings. The molecule has 0 bridgehead atoms. The third-order valence-electron chi connectivity index (χ3n) is 3.26. The molecule has 0 heterocycles. The molecule has 0 aliphatic heterocycles. The van der Waals surface area contributed by atoms with Crippen molar-refractivity contribution in [3.63, 3.8) is 0 Å². The first-order valence-corrected chi connectivity index (χ1v) is 7.89. The van der Waals surface area contributed by atoms with E-state index in [-0.39, 0.29) is 5.91 Å². The number of nitrogens with zero attached hydrogens (tertiary/aromatic N) is 1. The van der Waals surface area contributed by atoms with Crippen molar-refractivity contribution in [3.05, 3.63) is 59.7 Å². The molecule has 2 rings (SSSR count). The minimum atomic E-state index is 0.00611. The van der Waals surface area contributed by atoms with Gasteiger partial charge in [0.2, 0.25) is 0 Å². The number of hydrogen-bond donors (Lipinski definition) is 0. The van der Waals surface area contributed by atoms with Gasteiger partial charge in [-0.15, -0.1) is 11.8 Å². The second kappa shape index (κ2) is 7.18. The van der Waals surface area contributed by atoms with Gasteiger partial charge in [0.25, 0.3) is 5.91 Å². The maximum absolute atomic E-state index is 12.4. The molecular weight excluding hydrogens is 282 g/mol. The van der Waals surface area contributed by atoms with Crippen LogP contribution >= 0.6 is 11.8 Å². The van der Waals surface area contributed by atoms with E-state index in [1.54, 1.807) is 48.0 Å². The van der Waals surface area contributed by atoms with Gasteiger partial charge in [0.05, 0.1) is 7.11 Å². The molecule has 21 heavy (non-hydrogen) atoms. The van der Waals surface area contributed by atoms with Gasteiger partial charge in [0, 0.05) is 24.1 Å². The summed E-state index contributed by atoms with van der Waals surface area (Å²) < 4.78 is 5.10. The lowest BCUT2D eigenvalue weighted by Gasteiger charge is -2.17. The van der Waals surface area contributed by atoms with Crippen molar-refractivity contribution in [1.29, 1.82) is 0 Å². The van der Waals surface area contributed by atoms with Gasteiger partial charge < -0.3 is 9.64 Å². The van der Waals surface area contributed by atoms with Crippen LogP contribution in [0, 0.1) is 0 Å². The van der Waals surface area contributed by atoms with Crippen LogP contribution in [0.3, 0.4) is 0 Å². The zero-order chi connectivity index (χ0) is 15.2. The zero-order valence-corrected chi connectivity index (χ0v) is 13.3. The van der Waals surface area contributed by atoms with E-state index in [9.17, 15) is 4.79 Å².